The summed E-state index contributed by atoms with van der Waals surface area (Å²) in [5, 5.41) is 0. The zero-order chi connectivity index (χ0) is 10.3. The molecule has 0 aliphatic rings. The molecular formula is C11H15N3. The zero-order valence-electron chi connectivity index (χ0n) is 9.05. The fourth-order valence-electron chi connectivity index (χ4n) is 1.56. The molecule has 0 bridgehead atoms. The number of hydrogen-bond acceptors (Lipinski definition) is 2. The number of H-pyrrole nitrogens is 1. The number of aryl methyl sites for hydroxylation is 2. The molecule has 0 amide bonds. The van der Waals surface area contributed by atoms with Gasteiger partial charge in [0.15, 0.2) is 0 Å². The quantitative estimate of drug-likeness (QED) is 0.749. The summed E-state index contributed by atoms with van der Waals surface area (Å²) in [6, 6.07) is 0. The highest BCUT2D eigenvalue weighted by molar-refractivity contribution is 5.80. The Balaban J connectivity index is 2.75. The van der Waals surface area contributed by atoms with Gasteiger partial charge in [-0.2, -0.15) is 0 Å². The molecule has 2 rings (SSSR count). The van der Waals surface area contributed by atoms with E-state index in [4.69, 9.17) is 0 Å². The van der Waals surface area contributed by atoms with Crippen molar-refractivity contribution < 1.29 is 0 Å². The lowest BCUT2D eigenvalue weighted by molar-refractivity contribution is 0.776. The van der Waals surface area contributed by atoms with Crippen molar-refractivity contribution in [3.05, 3.63) is 23.3 Å². The molecule has 0 fully saturated rings. The molecule has 0 spiro atoms. The maximum Gasteiger partial charge on any atom is 0.131 e. The van der Waals surface area contributed by atoms with Crippen LogP contribution in [0.25, 0.3) is 11.0 Å². The van der Waals surface area contributed by atoms with E-state index in [2.05, 4.69) is 35.7 Å². The van der Waals surface area contributed by atoms with Gasteiger partial charge < -0.3 is 4.98 Å². The van der Waals surface area contributed by atoms with Crippen LogP contribution in [0, 0.1) is 13.8 Å². The van der Waals surface area contributed by atoms with E-state index in [1.165, 1.54) is 5.56 Å². The molecule has 0 aliphatic carbocycles. The van der Waals surface area contributed by atoms with Gasteiger partial charge in [-0.3, -0.25) is 0 Å². The van der Waals surface area contributed by atoms with Crippen molar-refractivity contribution >= 4 is 11.0 Å². The van der Waals surface area contributed by atoms with E-state index in [-0.39, 0.29) is 0 Å². The van der Waals surface area contributed by atoms with Gasteiger partial charge in [0.2, 0.25) is 0 Å². The van der Waals surface area contributed by atoms with Crippen LogP contribution >= 0.6 is 0 Å². The van der Waals surface area contributed by atoms with Crippen LogP contribution in [0.4, 0.5) is 0 Å². The van der Waals surface area contributed by atoms with Crippen molar-refractivity contribution in [1.29, 1.82) is 0 Å². The van der Waals surface area contributed by atoms with Crippen LogP contribution in [0.3, 0.4) is 0 Å². The Hall–Kier alpha value is -1.38. The molecule has 0 saturated carbocycles. The van der Waals surface area contributed by atoms with Gasteiger partial charge in [0.1, 0.15) is 5.82 Å². The minimum absolute atomic E-state index is 0.382. The van der Waals surface area contributed by atoms with Gasteiger partial charge in [-0.05, 0) is 19.4 Å². The summed E-state index contributed by atoms with van der Waals surface area (Å²) in [4.78, 5) is 12.2. The Labute approximate surface area is 83.6 Å². The second-order valence-corrected chi connectivity index (χ2v) is 4.02. The van der Waals surface area contributed by atoms with Gasteiger partial charge >= 0.3 is 0 Å². The molecule has 1 N–H and O–H groups in total. The molecule has 14 heavy (non-hydrogen) atoms. The Morgan fingerprint density at radius 2 is 1.93 bits per heavy atom. The number of nitrogens with one attached hydrogen (secondary N) is 1. The summed E-state index contributed by atoms with van der Waals surface area (Å²) in [6.45, 7) is 8.31. The summed E-state index contributed by atoms with van der Waals surface area (Å²) >= 11 is 0. The van der Waals surface area contributed by atoms with Gasteiger partial charge in [0.05, 0.1) is 16.7 Å². The fourth-order valence-corrected chi connectivity index (χ4v) is 1.56. The fraction of sp³-hybridized carbons (Fsp3) is 0.455. The molecule has 0 aliphatic heterocycles. The van der Waals surface area contributed by atoms with Gasteiger partial charge in [-0.1, -0.05) is 13.8 Å². The average molecular weight is 189 g/mol. The van der Waals surface area contributed by atoms with E-state index in [0.717, 1.165) is 22.6 Å². The number of rotatable bonds is 1. The van der Waals surface area contributed by atoms with E-state index < -0.39 is 0 Å². The summed E-state index contributed by atoms with van der Waals surface area (Å²) in [6.07, 6.45) is 1.98. The predicted octanol–water partition coefficient (Wildman–Crippen LogP) is 2.70. The molecule has 2 aromatic rings. The normalized spacial score (nSPS) is 11.5. The van der Waals surface area contributed by atoms with Gasteiger partial charge in [-0.15, -0.1) is 0 Å². The first-order valence-electron chi connectivity index (χ1n) is 4.92. The molecule has 74 valence electrons. The molecule has 2 heterocycles. The molecule has 2 aromatic heterocycles. The van der Waals surface area contributed by atoms with Crippen LogP contribution in [-0.2, 0) is 0 Å². The number of hydrogen-bond donors (Lipinski definition) is 1. The summed E-state index contributed by atoms with van der Waals surface area (Å²) in [5.74, 6) is 1.31. The van der Waals surface area contributed by atoms with Gasteiger partial charge in [0, 0.05) is 12.1 Å². The second-order valence-electron chi connectivity index (χ2n) is 4.02. The van der Waals surface area contributed by atoms with E-state index in [1.807, 2.05) is 13.1 Å². The average Bonchev–Trinajstić information content (AvgIpc) is 2.48. The highest BCUT2D eigenvalue weighted by atomic mass is 14.9. The van der Waals surface area contributed by atoms with E-state index in [1.54, 1.807) is 0 Å². The number of aromatic amines is 1. The molecular weight excluding hydrogens is 174 g/mol. The molecule has 3 nitrogen and oxygen atoms in total. The summed E-state index contributed by atoms with van der Waals surface area (Å²) in [7, 11) is 0. The lowest BCUT2D eigenvalue weighted by Crippen LogP contribution is -1.99. The van der Waals surface area contributed by atoms with E-state index in [0.29, 0.717) is 5.92 Å². The smallest absolute Gasteiger partial charge is 0.131 e. The van der Waals surface area contributed by atoms with Gasteiger partial charge in [0.25, 0.3) is 0 Å². The SMILES string of the molecule is Cc1c[nH]c2c(C)nc(C(C)C)nc12. The maximum absolute atomic E-state index is 4.55. The first kappa shape index (κ1) is 9.19. The molecule has 3 heteroatoms. The van der Waals surface area contributed by atoms with Crippen LogP contribution in [0.1, 0.15) is 36.8 Å². The lowest BCUT2D eigenvalue weighted by atomic mass is 10.2. The van der Waals surface area contributed by atoms with Crippen molar-refractivity contribution in [2.75, 3.05) is 0 Å². The van der Waals surface area contributed by atoms with Crippen molar-refractivity contribution in [3.63, 3.8) is 0 Å². The molecule has 0 unspecified atom stereocenters. The number of fused-ring (bicyclic) bond motifs is 1. The van der Waals surface area contributed by atoms with Crippen LogP contribution in [0.15, 0.2) is 6.20 Å². The third kappa shape index (κ3) is 1.29. The number of aromatic nitrogens is 3. The Morgan fingerprint density at radius 1 is 1.21 bits per heavy atom. The Morgan fingerprint density at radius 3 is 2.57 bits per heavy atom. The van der Waals surface area contributed by atoms with Crippen molar-refractivity contribution in [2.45, 2.75) is 33.6 Å². The van der Waals surface area contributed by atoms with Gasteiger partial charge in [-0.25, -0.2) is 9.97 Å². The van der Waals surface area contributed by atoms with E-state index in [9.17, 15) is 0 Å². The van der Waals surface area contributed by atoms with Crippen molar-refractivity contribution in [3.8, 4) is 0 Å². The lowest BCUT2D eigenvalue weighted by Gasteiger charge is -2.05. The molecule has 0 saturated heterocycles. The molecule has 0 atom stereocenters. The summed E-state index contributed by atoms with van der Waals surface area (Å²) in [5.41, 5.74) is 4.34. The second kappa shape index (κ2) is 3.08. The maximum atomic E-state index is 4.55. The largest absolute Gasteiger partial charge is 0.358 e. The van der Waals surface area contributed by atoms with Crippen LogP contribution in [0.5, 0.6) is 0 Å². The van der Waals surface area contributed by atoms with Crippen LogP contribution in [-0.4, -0.2) is 15.0 Å². The van der Waals surface area contributed by atoms with Crippen LogP contribution < -0.4 is 0 Å². The monoisotopic (exact) mass is 189 g/mol. The highest BCUT2D eigenvalue weighted by Gasteiger charge is 2.09. The number of nitrogens with zero attached hydrogens (tertiary/aromatic N) is 2. The highest BCUT2D eigenvalue weighted by Crippen LogP contribution is 2.20. The standard InChI is InChI=1S/C11H15N3/c1-6(2)11-13-8(4)10-9(14-11)7(3)5-12-10/h5-6,12H,1-4H3. The zero-order valence-corrected chi connectivity index (χ0v) is 9.05. The minimum atomic E-state index is 0.382. The molecule has 0 radical (unpaired) electrons. The molecule has 0 aromatic carbocycles. The Bertz CT molecular complexity index is 469. The first-order chi connectivity index (χ1) is 6.59. The topological polar surface area (TPSA) is 41.6 Å². The van der Waals surface area contributed by atoms with E-state index >= 15 is 0 Å². The van der Waals surface area contributed by atoms with Crippen molar-refractivity contribution in [2.24, 2.45) is 0 Å². The Kier molecular flexibility index (Phi) is 2.02. The van der Waals surface area contributed by atoms with Crippen molar-refractivity contribution in [1.82, 2.24) is 15.0 Å². The summed E-state index contributed by atoms with van der Waals surface area (Å²) < 4.78 is 0. The van der Waals surface area contributed by atoms with Crippen LogP contribution in [0.2, 0.25) is 0 Å². The first-order valence-corrected chi connectivity index (χ1v) is 4.92. The third-order valence-electron chi connectivity index (χ3n) is 2.43. The predicted molar refractivity (Wildman–Crippen MR) is 57.5 cm³/mol. The third-order valence-corrected chi connectivity index (χ3v) is 2.43. The minimum Gasteiger partial charge on any atom is -0.358 e.